The van der Waals surface area contributed by atoms with Crippen molar-refractivity contribution in [1.82, 2.24) is 10.3 Å². The van der Waals surface area contributed by atoms with Gasteiger partial charge in [0.1, 0.15) is 11.1 Å². The first kappa shape index (κ1) is 21.5. The number of thioether (sulfide) groups is 1. The van der Waals surface area contributed by atoms with Crippen molar-refractivity contribution < 1.29 is 9.59 Å². The smallest absolute Gasteiger partial charge is 0.257 e. The predicted molar refractivity (Wildman–Crippen MR) is 111 cm³/mol. The lowest BCUT2D eigenvalue weighted by molar-refractivity contribution is -0.121. The number of carbonyl (C=O) groups is 2. The lowest BCUT2D eigenvalue weighted by Crippen LogP contribution is -2.44. The SMILES string of the molecule is Cc1nc(SC(C)C(=O)NC(C)(C)C)c(C#N)cc1C(=O)Nc1ccccc1. The van der Waals surface area contributed by atoms with Crippen LogP contribution in [0.1, 0.15) is 49.3 Å². The van der Waals surface area contributed by atoms with Crippen molar-refractivity contribution in [2.75, 3.05) is 5.32 Å². The van der Waals surface area contributed by atoms with E-state index in [2.05, 4.69) is 21.7 Å². The van der Waals surface area contributed by atoms with E-state index in [0.29, 0.717) is 22.0 Å². The summed E-state index contributed by atoms with van der Waals surface area (Å²) in [5.74, 6) is -0.463. The van der Waals surface area contributed by atoms with Gasteiger partial charge in [0.25, 0.3) is 5.91 Å². The minimum absolute atomic E-state index is 0.133. The summed E-state index contributed by atoms with van der Waals surface area (Å²) in [6.45, 7) is 9.20. The van der Waals surface area contributed by atoms with E-state index in [9.17, 15) is 14.9 Å². The molecule has 7 heteroatoms. The van der Waals surface area contributed by atoms with Gasteiger partial charge in [0, 0.05) is 11.2 Å². The monoisotopic (exact) mass is 396 g/mol. The Morgan fingerprint density at radius 1 is 1.21 bits per heavy atom. The molecular weight excluding hydrogens is 372 g/mol. The van der Waals surface area contributed by atoms with Crippen LogP contribution in [0, 0.1) is 18.3 Å². The number of carbonyl (C=O) groups excluding carboxylic acids is 2. The van der Waals surface area contributed by atoms with Crippen LogP contribution in [0.4, 0.5) is 5.69 Å². The lowest BCUT2D eigenvalue weighted by Gasteiger charge is -2.23. The van der Waals surface area contributed by atoms with Crippen LogP contribution in [0.3, 0.4) is 0 Å². The highest BCUT2D eigenvalue weighted by Crippen LogP contribution is 2.27. The molecule has 1 atom stereocenters. The molecule has 2 N–H and O–H groups in total. The van der Waals surface area contributed by atoms with E-state index in [0.717, 1.165) is 0 Å². The molecule has 2 rings (SSSR count). The van der Waals surface area contributed by atoms with Crippen molar-refractivity contribution in [3.8, 4) is 6.07 Å². The Balaban J connectivity index is 2.22. The number of aryl methyl sites for hydroxylation is 1. The normalized spacial score (nSPS) is 12.0. The number of hydrogen-bond donors (Lipinski definition) is 2. The standard InChI is InChI=1S/C21H24N4O2S/c1-13-17(19(27)24-16-9-7-6-8-10-16)11-15(12-22)20(23-13)28-14(2)18(26)25-21(3,4)5/h6-11,14H,1-5H3,(H,24,27)(H,25,26). The van der Waals surface area contributed by atoms with E-state index in [4.69, 9.17) is 0 Å². The fourth-order valence-corrected chi connectivity index (χ4v) is 3.32. The molecule has 0 aliphatic rings. The quantitative estimate of drug-likeness (QED) is 0.747. The van der Waals surface area contributed by atoms with Crippen LogP contribution in [-0.4, -0.2) is 27.6 Å². The number of para-hydroxylation sites is 1. The van der Waals surface area contributed by atoms with E-state index in [1.807, 2.05) is 39.0 Å². The van der Waals surface area contributed by atoms with Gasteiger partial charge in [-0.1, -0.05) is 30.0 Å². The number of benzene rings is 1. The highest BCUT2D eigenvalue weighted by Gasteiger charge is 2.23. The number of nitrogens with zero attached hydrogens (tertiary/aromatic N) is 2. The third-order valence-corrected chi connectivity index (χ3v) is 4.83. The molecule has 0 aliphatic heterocycles. The molecule has 1 aromatic carbocycles. The van der Waals surface area contributed by atoms with Crippen molar-refractivity contribution in [2.45, 2.75) is 50.4 Å². The zero-order valence-corrected chi connectivity index (χ0v) is 17.5. The van der Waals surface area contributed by atoms with Crippen LogP contribution in [-0.2, 0) is 4.79 Å². The molecule has 0 saturated heterocycles. The Hall–Kier alpha value is -2.85. The lowest BCUT2D eigenvalue weighted by atomic mass is 10.1. The fraction of sp³-hybridized carbons (Fsp3) is 0.333. The van der Waals surface area contributed by atoms with Crippen LogP contribution in [0.25, 0.3) is 0 Å². The van der Waals surface area contributed by atoms with Gasteiger partial charge in [-0.05, 0) is 52.8 Å². The molecule has 1 heterocycles. The zero-order chi connectivity index (χ0) is 20.9. The molecule has 6 nitrogen and oxygen atoms in total. The van der Waals surface area contributed by atoms with Gasteiger partial charge in [-0.15, -0.1) is 0 Å². The summed E-state index contributed by atoms with van der Waals surface area (Å²) in [6, 6.07) is 12.7. The summed E-state index contributed by atoms with van der Waals surface area (Å²) in [7, 11) is 0. The fourth-order valence-electron chi connectivity index (χ4n) is 2.40. The Bertz CT molecular complexity index is 914. The highest BCUT2D eigenvalue weighted by atomic mass is 32.2. The third kappa shape index (κ3) is 5.83. The van der Waals surface area contributed by atoms with Crippen LogP contribution in [0.2, 0.25) is 0 Å². The van der Waals surface area contributed by atoms with Gasteiger partial charge in [-0.3, -0.25) is 9.59 Å². The maximum absolute atomic E-state index is 12.6. The largest absolute Gasteiger partial charge is 0.351 e. The van der Waals surface area contributed by atoms with Crippen LogP contribution in [0.15, 0.2) is 41.4 Å². The van der Waals surface area contributed by atoms with Crippen molar-refractivity contribution in [1.29, 1.82) is 5.26 Å². The molecule has 1 unspecified atom stereocenters. The second kappa shape index (κ2) is 8.89. The van der Waals surface area contributed by atoms with Crippen LogP contribution >= 0.6 is 11.8 Å². The number of hydrogen-bond acceptors (Lipinski definition) is 5. The van der Waals surface area contributed by atoms with Gasteiger partial charge in [0.2, 0.25) is 5.91 Å². The number of anilines is 1. The number of nitriles is 1. The summed E-state index contributed by atoms with van der Waals surface area (Å²) >= 11 is 1.20. The van der Waals surface area contributed by atoms with Gasteiger partial charge in [0.05, 0.1) is 22.1 Å². The molecule has 146 valence electrons. The molecule has 1 aromatic heterocycles. The summed E-state index contributed by atoms with van der Waals surface area (Å²) < 4.78 is 0. The molecule has 0 fully saturated rings. The van der Waals surface area contributed by atoms with Gasteiger partial charge in [-0.25, -0.2) is 4.98 Å². The Morgan fingerprint density at radius 2 is 1.86 bits per heavy atom. The minimum atomic E-state index is -0.428. The Labute approximate surface area is 169 Å². The number of aromatic nitrogens is 1. The first-order valence-corrected chi connectivity index (χ1v) is 9.75. The van der Waals surface area contributed by atoms with Crippen molar-refractivity contribution in [3.05, 3.63) is 53.2 Å². The molecule has 2 amide bonds. The van der Waals surface area contributed by atoms with Crippen LogP contribution in [0.5, 0.6) is 0 Å². The second-order valence-electron chi connectivity index (χ2n) is 7.41. The summed E-state index contributed by atoms with van der Waals surface area (Å²) in [4.78, 5) is 29.3. The van der Waals surface area contributed by atoms with Gasteiger partial charge in [0.15, 0.2) is 0 Å². The zero-order valence-electron chi connectivity index (χ0n) is 16.7. The van der Waals surface area contributed by atoms with Crippen molar-refractivity contribution in [3.63, 3.8) is 0 Å². The molecular formula is C21H24N4O2S. The maximum Gasteiger partial charge on any atom is 0.257 e. The summed E-state index contributed by atoms with van der Waals surface area (Å²) in [5.41, 5.74) is 1.42. The molecule has 0 radical (unpaired) electrons. The number of rotatable bonds is 5. The molecule has 0 aliphatic carbocycles. The number of amides is 2. The topological polar surface area (TPSA) is 94.9 Å². The van der Waals surface area contributed by atoms with Crippen LogP contribution < -0.4 is 10.6 Å². The van der Waals surface area contributed by atoms with E-state index in [1.54, 1.807) is 26.0 Å². The van der Waals surface area contributed by atoms with Crippen molar-refractivity contribution >= 4 is 29.3 Å². The summed E-state index contributed by atoms with van der Waals surface area (Å²) in [6.07, 6.45) is 0. The molecule has 2 aromatic rings. The molecule has 0 saturated carbocycles. The first-order valence-electron chi connectivity index (χ1n) is 8.87. The predicted octanol–water partition coefficient (Wildman–Crippen LogP) is 3.91. The molecule has 0 spiro atoms. The van der Waals surface area contributed by atoms with E-state index < -0.39 is 5.25 Å². The minimum Gasteiger partial charge on any atom is -0.351 e. The van der Waals surface area contributed by atoms with Crippen molar-refractivity contribution in [2.24, 2.45) is 0 Å². The summed E-state index contributed by atoms with van der Waals surface area (Å²) in [5, 5.41) is 15.2. The Morgan fingerprint density at radius 3 is 2.43 bits per heavy atom. The third-order valence-electron chi connectivity index (χ3n) is 3.73. The molecule has 0 bridgehead atoms. The average Bonchev–Trinajstić information content (AvgIpc) is 2.61. The number of pyridine rings is 1. The number of nitrogens with one attached hydrogen (secondary N) is 2. The van der Waals surface area contributed by atoms with Gasteiger partial charge in [-0.2, -0.15) is 5.26 Å². The van der Waals surface area contributed by atoms with E-state index in [1.165, 1.54) is 17.8 Å². The van der Waals surface area contributed by atoms with Gasteiger partial charge < -0.3 is 10.6 Å². The average molecular weight is 397 g/mol. The Kier molecular flexibility index (Phi) is 6.81. The van der Waals surface area contributed by atoms with Gasteiger partial charge >= 0.3 is 0 Å². The molecule has 28 heavy (non-hydrogen) atoms. The van der Waals surface area contributed by atoms with E-state index in [-0.39, 0.29) is 22.9 Å². The van der Waals surface area contributed by atoms with E-state index >= 15 is 0 Å². The first-order chi connectivity index (χ1) is 13.1. The maximum atomic E-state index is 12.6. The highest BCUT2D eigenvalue weighted by molar-refractivity contribution is 8.00. The second-order valence-corrected chi connectivity index (χ2v) is 8.73.